The van der Waals surface area contributed by atoms with E-state index in [0.29, 0.717) is 5.92 Å². The van der Waals surface area contributed by atoms with Gasteiger partial charge in [0.15, 0.2) is 0 Å². The van der Waals surface area contributed by atoms with Crippen molar-refractivity contribution >= 4 is 14.8 Å². The molecule has 3 nitrogen and oxygen atoms in total. The zero-order chi connectivity index (χ0) is 17.5. The minimum Gasteiger partial charge on any atom is -0.390 e. The van der Waals surface area contributed by atoms with Crippen LogP contribution in [-0.2, 0) is 13.6 Å². The van der Waals surface area contributed by atoms with Crippen LogP contribution in [0.15, 0.2) is 0 Å². The van der Waals surface area contributed by atoms with E-state index in [1.807, 2.05) is 6.92 Å². The summed E-state index contributed by atoms with van der Waals surface area (Å²) in [5.41, 5.74) is 0. The molecule has 0 aliphatic carbocycles. The van der Waals surface area contributed by atoms with Crippen LogP contribution in [0.1, 0.15) is 69.2 Å². The second-order valence-electron chi connectivity index (χ2n) is 9.38. The summed E-state index contributed by atoms with van der Waals surface area (Å²) >= 11 is 0. The van der Waals surface area contributed by atoms with E-state index >= 15 is 0 Å². The fraction of sp³-hybridized carbons (Fsp3) is 0.944. The second-order valence-corrected chi connectivity index (χ2v) is 14.1. The summed E-state index contributed by atoms with van der Waals surface area (Å²) in [6.07, 6.45) is 1.13. The summed E-state index contributed by atoms with van der Waals surface area (Å²) in [5.74, 6) is 0.541. The summed E-state index contributed by atoms with van der Waals surface area (Å²) in [6, 6.07) is 0. The normalized spacial score (nSPS) is 31.1. The Kier molecular flexibility index (Phi) is 5.75. The molecular weight excluding hydrogens is 292 g/mol. The van der Waals surface area contributed by atoms with Crippen molar-refractivity contribution in [3.05, 3.63) is 0 Å². The molecule has 0 N–H and O–H groups in total. The van der Waals surface area contributed by atoms with Gasteiger partial charge in [-0.3, -0.25) is 0 Å². The lowest BCUT2D eigenvalue weighted by Crippen LogP contribution is -2.67. The minimum atomic E-state index is -2.55. The van der Waals surface area contributed by atoms with Gasteiger partial charge in [-0.25, -0.2) is 0 Å². The Morgan fingerprint density at radius 1 is 0.909 bits per heavy atom. The molecule has 1 saturated heterocycles. The average molecular weight is 329 g/mol. The number of carbonyl (C=O) groups is 1. The molecule has 1 fully saturated rings. The largest absolute Gasteiger partial charge is 0.390 e. The molecule has 0 unspecified atom stereocenters. The smallest absolute Gasteiger partial charge is 0.349 e. The van der Waals surface area contributed by atoms with Gasteiger partial charge in [-0.1, -0.05) is 69.2 Å². The van der Waals surface area contributed by atoms with Gasteiger partial charge in [0.25, 0.3) is 0 Å². The Hall–Kier alpha value is -0.193. The van der Waals surface area contributed by atoms with Gasteiger partial charge in [0.2, 0.25) is 0 Å². The Balaban J connectivity index is 3.42. The molecule has 0 aromatic rings. The lowest BCUT2D eigenvalue weighted by atomic mass is 9.85. The van der Waals surface area contributed by atoms with Crippen molar-refractivity contribution in [3.8, 4) is 0 Å². The molecule has 0 aromatic carbocycles. The van der Waals surface area contributed by atoms with Gasteiger partial charge in [-0.05, 0) is 5.92 Å². The molecule has 1 rings (SSSR count). The van der Waals surface area contributed by atoms with Gasteiger partial charge < -0.3 is 13.6 Å². The van der Waals surface area contributed by atoms with E-state index in [9.17, 15) is 4.79 Å². The molecule has 0 bridgehead atoms. The molecule has 0 saturated carbocycles. The standard InChI is InChI=1S/C18H36O3Si/c1-12(2)15-14(4)16(13(3)11-19)21-22(20-15,17(5,6)7)18(8,9)10/h11-16H,1-10H3/t13-,14-,15-,16-/m0/s1. The van der Waals surface area contributed by atoms with Crippen molar-refractivity contribution in [2.45, 2.75) is 91.5 Å². The number of hydrogen-bond acceptors (Lipinski definition) is 3. The second kappa shape index (κ2) is 6.37. The molecule has 4 heteroatoms. The summed E-state index contributed by atoms with van der Waals surface area (Å²) in [4.78, 5) is 11.4. The van der Waals surface area contributed by atoms with E-state index in [-0.39, 0.29) is 34.1 Å². The predicted octanol–water partition coefficient (Wildman–Crippen LogP) is 4.94. The maximum Gasteiger partial charge on any atom is 0.349 e. The predicted molar refractivity (Wildman–Crippen MR) is 94.2 cm³/mol. The van der Waals surface area contributed by atoms with Gasteiger partial charge in [-0.2, -0.15) is 0 Å². The molecule has 4 atom stereocenters. The van der Waals surface area contributed by atoms with Gasteiger partial charge in [0.1, 0.15) is 6.29 Å². The van der Waals surface area contributed by atoms with Gasteiger partial charge in [0.05, 0.1) is 12.2 Å². The van der Waals surface area contributed by atoms with Crippen LogP contribution < -0.4 is 0 Å². The van der Waals surface area contributed by atoms with Crippen LogP contribution in [0.3, 0.4) is 0 Å². The maximum absolute atomic E-state index is 11.4. The van der Waals surface area contributed by atoms with Crippen LogP contribution in [0.4, 0.5) is 0 Å². The third-order valence-corrected chi connectivity index (χ3v) is 10.2. The monoisotopic (exact) mass is 328 g/mol. The molecule has 0 spiro atoms. The number of aldehydes is 1. The molecule has 0 aromatic heterocycles. The maximum atomic E-state index is 11.4. The molecular formula is C18H36O3Si. The summed E-state index contributed by atoms with van der Waals surface area (Å²) in [7, 11) is -2.55. The van der Waals surface area contributed by atoms with Crippen LogP contribution in [0.2, 0.25) is 10.1 Å². The summed E-state index contributed by atoms with van der Waals surface area (Å²) < 4.78 is 13.5. The van der Waals surface area contributed by atoms with Crippen molar-refractivity contribution in [1.82, 2.24) is 0 Å². The van der Waals surface area contributed by atoms with Crippen molar-refractivity contribution in [3.63, 3.8) is 0 Å². The topological polar surface area (TPSA) is 35.5 Å². The fourth-order valence-corrected chi connectivity index (χ4v) is 9.45. The molecule has 1 aliphatic heterocycles. The first-order valence-electron chi connectivity index (χ1n) is 8.59. The third kappa shape index (κ3) is 3.34. The Morgan fingerprint density at radius 2 is 1.32 bits per heavy atom. The minimum absolute atomic E-state index is 0.0521. The highest BCUT2D eigenvalue weighted by molar-refractivity contribution is 6.73. The van der Waals surface area contributed by atoms with Gasteiger partial charge in [0, 0.05) is 21.9 Å². The molecule has 1 heterocycles. The third-order valence-electron chi connectivity index (χ3n) is 5.01. The van der Waals surface area contributed by atoms with Crippen LogP contribution in [0.25, 0.3) is 0 Å². The quantitative estimate of drug-likeness (QED) is 0.544. The molecule has 22 heavy (non-hydrogen) atoms. The van der Waals surface area contributed by atoms with Crippen LogP contribution in [-0.4, -0.2) is 27.1 Å². The van der Waals surface area contributed by atoms with Crippen molar-refractivity contribution in [2.75, 3.05) is 0 Å². The van der Waals surface area contributed by atoms with E-state index in [2.05, 4.69) is 62.3 Å². The Labute approximate surface area is 138 Å². The molecule has 0 radical (unpaired) electrons. The van der Waals surface area contributed by atoms with E-state index < -0.39 is 8.56 Å². The zero-order valence-electron chi connectivity index (χ0n) is 16.2. The zero-order valence-corrected chi connectivity index (χ0v) is 17.2. The number of rotatable bonds is 3. The van der Waals surface area contributed by atoms with Gasteiger partial charge >= 0.3 is 8.56 Å². The highest BCUT2D eigenvalue weighted by Crippen LogP contribution is 2.56. The first kappa shape index (κ1) is 19.9. The Bertz CT molecular complexity index is 378. The number of carbonyl (C=O) groups excluding carboxylic acids is 1. The average Bonchev–Trinajstić information content (AvgIpc) is 2.34. The van der Waals surface area contributed by atoms with Crippen molar-refractivity contribution < 1.29 is 13.6 Å². The molecule has 0 amide bonds. The number of hydrogen-bond donors (Lipinski definition) is 0. The van der Waals surface area contributed by atoms with Crippen LogP contribution in [0.5, 0.6) is 0 Å². The lowest BCUT2D eigenvalue weighted by molar-refractivity contribution is -0.125. The van der Waals surface area contributed by atoms with Crippen LogP contribution in [0, 0.1) is 17.8 Å². The fourth-order valence-electron chi connectivity index (χ4n) is 4.05. The first-order valence-corrected chi connectivity index (χ1v) is 10.4. The van der Waals surface area contributed by atoms with Crippen molar-refractivity contribution in [1.29, 1.82) is 0 Å². The summed E-state index contributed by atoms with van der Waals surface area (Å²) in [6.45, 7) is 21.9. The highest BCUT2D eigenvalue weighted by atomic mass is 28.4. The first-order chi connectivity index (χ1) is 9.78. The van der Waals surface area contributed by atoms with E-state index in [0.717, 1.165) is 6.29 Å². The summed E-state index contributed by atoms with van der Waals surface area (Å²) in [5, 5.41) is -0.112. The van der Waals surface area contributed by atoms with Gasteiger partial charge in [-0.15, -0.1) is 0 Å². The SMILES string of the molecule is CC(C)[C@@H]1O[Si](C(C)(C)C)(C(C)(C)C)O[C@@H]([C@@H](C)C=O)[C@H]1C. The van der Waals surface area contributed by atoms with E-state index in [1.54, 1.807) is 0 Å². The van der Waals surface area contributed by atoms with E-state index in [1.165, 1.54) is 0 Å². The van der Waals surface area contributed by atoms with E-state index in [4.69, 9.17) is 8.85 Å². The molecule has 1 aliphatic rings. The lowest BCUT2D eigenvalue weighted by Gasteiger charge is -2.58. The van der Waals surface area contributed by atoms with Crippen LogP contribution >= 0.6 is 0 Å². The highest BCUT2D eigenvalue weighted by Gasteiger charge is 2.63. The van der Waals surface area contributed by atoms with Crippen molar-refractivity contribution in [2.24, 2.45) is 17.8 Å². The Morgan fingerprint density at radius 3 is 1.64 bits per heavy atom. The molecule has 130 valence electrons.